The number of fused-ring (bicyclic) bond motifs is 1. The fraction of sp³-hybridized carbons (Fsp3) is 0.481. The van der Waals surface area contributed by atoms with Crippen LogP contribution >= 0.6 is 0 Å². The minimum Gasteiger partial charge on any atom is -0.370 e. The molecule has 0 saturated heterocycles. The van der Waals surface area contributed by atoms with Crippen LogP contribution in [0, 0.1) is 5.92 Å². The monoisotopic (exact) mass is 549 g/mol. The van der Waals surface area contributed by atoms with E-state index in [2.05, 4.69) is 29.6 Å². The Kier molecular flexibility index (Phi) is 7.50. The smallest absolute Gasteiger partial charge is 0.259 e. The standard InChI is InChI=1S/C27H35N7O4Si/c1-39(2,3)13-12-38-17-32-11-10-19-25(29-16-30-26(19)32)20-15-33(21(14-22(28)35)18-6-4-5-7-18)31-27(20)34-23(36)8-9-24(34)37/h8-11,15-16,18,21H,4-7,12-14,17H2,1-3H3,(H2,28,35). The van der Waals surface area contributed by atoms with Crippen molar-refractivity contribution in [2.24, 2.45) is 11.7 Å². The first-order valence-corrected chi connectivity index (χ1v) is 17.1. The van der Waals surface area contributed by atoms with E-state index in [1.165, 1.54) is 18.5 Å². The fourth-order valence-corrected chi connectivity index (χ4v) is 6.14. The highest BCUT2D eigenvalue weighted by Crippen LogP contribution is 2.40. The maximum atomic E-state index is 12.7. The molecule has 206 valence electrons. The van der Waals surface area contributed by atoms with E-state index < -0.39 is 25.8 Å². The predicted molar refractivity (Wildman–Crippen MR) is 149 cm³/mol. The Morgan fingerprint density at radius 1 is 1.15 bits per heavy atom. The van der Waals surface area contributed by atoms with Gasteiger partial charge in [-0.05, 0) is 30.9 Å². The molecule has 2 N–H and O–H groups in total. The molecule has 3 aromatic rings. The molecular formula is C27H35N7O4Si. The van der Waals surface area contributed by atoms with E-state index >= 15 is 0 Å². The van der Waals surface area contributed by atoms with Gasteiger partial charge < -0.3 is 15.0 Å². The summed E-state index contributed by atoms with van der Waals surface area (Å²) in [6.07, 6.45) is 11.8. The van der Waals surface area contributed by atoms with Gasteiger partial charge in [-0.1, -0.05) is 32.5 Å². The van der Waals surface area contributed by atoms with Gasteiger partial charge in [-0.25, -0.2) is 14.9 Å². The molecule has 11 nitrogen and oxygen atoms in total. The topological polar surface area (TPSA) is 138 Å². The third-order valence-corrected chi connectivity index (χ3v) is 9.17. The molecule has 3 amide bonds. The lowest BCUT2D eigenvalue weighted by molar-refractivity contribution is -0.121. The van der Waals surface area contributed by atoms with Crippen LogP contribution in [-0.4, -0.2) is 56.7 Å². The van der Waals surface area contributed by atoms with Crippen LogP contribution in [0.4, 0.5) is 5.82 Å². The van der Waals surface area contributed by atoms with Crippen molar-refractivity contribution in [2.45, 2.75) is 70.6 Å². The summed E-state index contributed by atoms with van der Waals surface area (Å²) in [5.41, 5.74) is 7.36. The summed E-state index contributed by atoms with van der Waals surface area (Å²) in [5, 5.41) is 5.47. The molecule has 12 heteroatoms. The van der Waals surface area contributed by atoms with Gasteiger partial charge in [0, 0.05) is 51.0 Å². The van der Waals surface area contributed by atoms with E-state index in [-0.39, 0.29) is 24.2 Å². The minimum absolute atomic E-state index is 0.121. The molecule has 0 radical (unpaired) electrons. The summed E-state index contributed by atoms with van der Waals surface area (Å²) < 4.78 is 9.56. The number of primary amides is 1. The van der Waals surface area contributed by atoms with E-state index in [4.69, 9.17) is 15.6 Å². The first-order chi connectivity index (χ1) is 18.6. The zero-order valence-corrected chi connectivity index (χ0v) is 23.7. The minimum atomic E-state index is -1.21. The fourth-order valence-electron chi connectivity index (χ4n) is 5.38. The molecule has 0 spiro atoms. The molecule has 1 fully saturated rings. The van der Waals surface area contributed by atoms with Gasteiger partial charge in [0.25, 0.3) is 11.8 Å². The largest absolute Gasteiger partial charge is 0.370 e. The summed E-state index contributed by atoms with van der Waals surface area (Å²) in [7, 11) is -1.21. The summed E-state index contributed by atoms with van der Waals surface area (Å²) in [4.78, 5) is 47.5. The molecule has 39 heavy (non-hydrogen) atoms. The van der Waals surface area contributed by atoms with Crippen LogP contribution in [0.3, 0.4) is 0 Å². The van der Waals surface area contributed by atoms with Crippen LogP contribution in [0.5, 0.6) is 0 Å². The molecule has 3 aromatic heterocycles. The van der Waals surface area contributed by atoms with Gasteiger partial charge in [-0.2, -0.15) is 5.10 Å². The van der Waals surface area contributed by atoms with Crippen LogP contribution in [0.2, 0.25) is 25.7 Å². The Morgan fingerprint density at radius 3 is 2.54 bits per heavy atom. The molecule has 1 atom stereocenters. The second-order valence-corrected chi connectivity index (χ2v) is 17.2. The Bertz CT molecular complexity index is 1410. The van der Waals surface area contributed by atoms with Crippen molar-refractivity contribution in [1.29, 1.82) is 0 Å². The lowest BCUT2D eigenvalue weighted by atomic mass is 9.95. The quantitative estimate of drug-likeness (QED) is 0.219. The van der Waals surface area contributed by atoms with Gasteiger partial charge in [-0.3, -0.25) is 19.1 Å². The molecular weight excluding hydrogens is 514 g/mol. The van der Waals surface area contributed by atoms with Crippen molar-refractivity contribution in [1.82, 2.24) is 24.3 Å². The number of hydrogen-bond acceptors (Lipinski definition) is 7. The zero-order chi connectivity index (χ0) is 27.7. The number of nitrogens with two attached hydrogens (primary N) is 1. The van der Waals surface area contributed by atoms with Crippen LogP contribution in [0.25, 0.3) is 22.3 Å². The van der Waals surface area contributed by atoms with Crippen LogP contribution in [0.1, 0.15) is 38.1 Å². The highest BCUT2D eigenvalue weighted by molar-refractivity contribution is 6.76. The van der Waals surface area contributed by atoms with Crippen LogP contribution in [-0.2, 0) is 25.9 Å². The van der Waals surface area contributed by atoms with E-state index in [1.54, 1.807) is 10.9 Å². The van der Waals surface area contributed by atoms with Crippen molar-refractivity contribution in [2.75, 3.05) is 11.5 Å². The zero-order valence-electron chi connectivity index (χ0n) is 22.7. The van der Waals surface area contributed by atoms with Crippen LogP contribution < -0.4 is 10.6 Å². The number of aromatic nitrogens is 5. The molecule has 1 aliphatic heterocycles. The maximum Gasteiger partial charge on any atom is 0.259 e. The Balaban J connectivity index is 1.55. The van der Waals surface area contributed by atoms with Crippen molar-refractivity contribution >= 4 is 42.6 Å². The second-order valence-electron chi connectivity index (χ2n) is 11.6. The second kappa shape index (κ2) is 10.9. The van der Waals surface area contributed by atoms with E-state index in [1.807, 2.05) is 16.8 Å². The number of ether oxygens (including phenoxy) is 1. The third-order valence-electron chi connectivity index (χ3n) is 7.47. The summed E-state index contributed by atoms with van der Waals surface area (Å²) in [5.74, 6) is -0.964. The molecule has 0 bridgehead atoms. The summed E-state index contributed by atoms with van der Waals surface area (Å²) in [6.45, 7) is 7.96. The Morgan fingerprint density at radius 2 is 1.87 bits per heavy atom. The van der Waals surface area contributed by atoms with Gasteiger partial charge in [-0.15, -0.1) is 0 Å². The van der Waals surface area contributed by atoms with Crippen molar-refractivity contribution in [3.63, 3.8) is 0 Å². The number of imide groups is 1. The molecule has 4 heterocycles. The molecule has 5 rings (SSSR count). The summed E-state index contributed by atoms with van der Waals surface area (Å²) >= 11 is 0. The van der Waals surface area contributed by atoms with Crippen LogP contribution in [0.15, 0.2) is 36.9 Å². The first kappa shape index (κ1) is 26.9. The lowest BCUT2D eigenvalue weighted by Crippen LogP contribution is -2.31. The highest BCUT2D eigenvalue weighted by Gasteiger charge is 2.35. The number of anilines is 1. The molecule has 1 saturated carbocycles. The van der Waals surface area contributed by atoms with Gasteiger partial charge in [0.05, 0.1) is 17.3 Å². The number of hydrogen-bond donors (Lipinski definition) is 1. The molecule has 1 aliphatic carbocycles. The maximum absolute atomic E-state index is 12.7. The third kappa shape index (κ3) is 5.71. The highest BCUT2D eigenvalue weighted by atomic mass is 28.3. The van der Waals surface area contributed by atoms with Gasteiger partial charge in [0.1, 0.15) is 18.7 Å². The number of nitrogens with zero attached hydrogens (tertiary/aromatic N) is 6. The first-order valence-electron chi connectivity index (χ1n) is 13.4. The Hall–Kier alpha value is -3.64. The van der Waals surface area contributed by atoms with Crippen molar-refractivity contribution in [3.05, 3.63) is 36.9 Å². The number of carbonyl (C=O) groups excluding carboxylic acids is 3. The number of rotatable bonds is 11. The molecule has 2 aliphatic rings. The van der Waals surface area contributed by atoms with Gasteiger partial charge in [0.2, 0.25) is 5.91 Å². The van der Waals surface area contributed by atoms with E-state index in [0.717, 1.165) is 42.0 Å². The normalized spacial score (nSPS) is 17.2. The van der Waals surface area contributed by atoms with Crippen molar-refractivity contribution < 1.29 is 19.1 Å². The molecule has 1 unspecified atom stereocenters. The molecule has 0 aromatic carbocycles. The summed E-state index contributed by atoms with van der Waals surface area (Å²) in [6, 6.07) is 2.69. The Labute approximate surface area is 228 Å². The average molecular weight is 550 g/mol. The SMILES string of the molecule is C[Si](C)(C)CCOCn1ccc2c(-c3cn(C(CC(N)=O)C4CCCC4)nc3N3C(=O)C=CC3=O)ncnc21. The van der Waals surface area contributed by atoms with Gasteiger partial charge >= 0.3 is 0 Å². The number of amides is 3. The number of carbonyl (C=O) groups is 3. The predicted octanol–water partition coefficient (Wildman–Crippen LogP) is 3.64. The van der Waals surface area contributed by atoms with E-state index in [0.29, 0.717) is 30.2 Å². The lowest BCUT2D eigenvalue weighted by Gasteiger charge is -2.22. The van der Waals surface area contributed by atoms with Crippen molar-refractivity contribution in [3.8, 4) is 11.3 Å². The van der Waals surface area contributed by atoms with Gasteiger partial charge in [0.15, 0.2) is 5.82 Å². The van der Waals surface area contributed by atoms with E-state index in [9.17, 15) is 14.4 Å². The average Bonchev–Trinajstić information content (AvgIpc) is 3.67.